The molecule has 2 aromatic carbocycles. The molecule has 2 aliphatic rings. The van der Waals surface area contributed by atoms with E-state index >= 15 is 0 Å². The number of nitrogens with zero attached hydrogens (tertiary/aromatic N) is 8. The van der Waals surface area contributed by atoms with Gasteiger partial charge in [-0.05, 0) is 55.6 Å². The Morgan fingerprint density at radius 2 is 1.95 bits per heavy atom. The highest BCUT2D eigenvalue weighted by Crippen LogP contribution is 2.28. The number of H-pyrrole nitrogens is 1. The highest BCUT2D eigenvalue weighted by molar-refractivity contribution is 5.98. The number of nitriles is 1. The summed E-state index contributed by atoms with van der Waals surface area (Å²) in [7, 11) is 1.85. The van der Waals surface area contributed by atoms with Crippen LogP contribution in [0, 0.1) is 17.2 Å². The predicted octanol–water partition coefficient (Wildman–Crippen LogP) is 3.22. The molecule has 4 aromatic rings. The summed E-state index contributed by atoms with van der Waals surface area (Å²) in [5.41, 5.74) is 5.20. The van der Waals surface area contributed by atoms with Gasteiger partial charge in [-0.15, -0.1) is 0 Å². The van der Waals surface area contributed by atoms with E-state index in [9.17, 15) is 14.9 Å². The number of carbonyl (C=O) groups is 2. The van der Waals surface area contributed by atoms with Crippen LogP contribution in [0.25, 0.3) is 27.9 Å². The first kappa shape index (κ1) is 27.4. The molecule has 1 atom stereocenters. The van der Waals surface area contributed by atoms with Gasteiger partial charge in [0.05, 0.1) is 18.0 Å². The first-order valence-corrected chi connectivity index (χ1v) is 14.3. The van der Waals surface area contributed by atoms with E-state index in [4.69, 9.17) is 0 Å². The van der Waals surface area contributed by atoms with E-state index in [-0.39, 0.29) is 17.7 Å². The number of hydrogen-bond acceptors (Lipinski definition) is 7. The molecular weight excluding hydrogens is 530 g/mol. The number of carbonyl (C=O) groups excluding carboxylic acids is 2. The molecule has 0 spiro atoms. The lowest BCUT2D eigenvalue weighted by Gasteiger charge is -2.29. The van der Waals surface area contributed by atoms with Crippen molar-refractivity contribution in [2.75, 3.05) is 44.2 Å². The Labute approximate surface area is 244 Å². The molecular formula is C31H33N9O2. The quantitative estimate of drug-likeness (QED) is 0.366. The van der Waals surface area contributed by atoms with Crippen LogP contribution >= 0.6 is 0 Å². The summed E-state index contributed by atoms with van der Waals surface area (Å²) in [6, 6.07) is 15.9. The molecule has 1 N–H and O–H groups in total. The van der Waals surface area contributed by atoms with Gasteiger partial charge in [-0.3, -0.25) is 24.3 Å². The summed E-state index contributed by atoms with van der Waals surface area (Å²) >= 11 is 0. The Bertz CT molecular complexity index is 1700. The molecule has 4 heterocycles. The van der Waals surface area contributed by atoms with Gasteiger partial charge in [0.25, 0.3) is 0 Å². The van der Waals surface area contributed by atoms with Crippen LogP contribution in [0.5, 0.6) is 0 Å². The molecule has 1 saturated heterocycles. The monoisotopic (exact) mass is 563 g/mol. The van der Waals surface area contributed by atoms with Crippen LogP contribution in [-0.2, 0) is 16.6 Å². The number of likely N-dealkylation sites (tertiary alicyclic amines) is 1. The van der Waals surface area contributed by atoms with Crippen LogP contribution in [0.15, 0.2) is 54.9 Å². The molecule has 2 aromatic heterocycles. The van der Waals surface area contributed by atoms with Crippen LogP contribution in [0.2, 0.25) is 0 Å². The SMILES string of the molecule is CCN(C(=O)[C@@H]1CCN(CC(=O)N2CC=C(c3ccc(-c4ncn(C)n4)cc3)CC2)C1)c1ccc2[nH]nc(C#N)c2c1. The number of aryl methyl sites for hydroxylation is 1. The standard InChI is InChI=1S/C31H33N9O2/c1-3-40(25-8-9-27-26(16-25)28(17-32)35-34-27)31(42)24-10-13-38(18-24)19-29(41)39-14-11-22(12-15-39)21-4-6-23(7-5-21)30-33-20-37(2)36-30/h4-9,11,16,20,24H,3,10,12-15,18-19H2,1-2H3,(H,34,35)/t24-/m1/s1. The summed E-state index contributed by atoms with van der Waals surface area (Å²) < 4.78 is 1.69. The van der Waals surface area contributed by atoms with Crippen molar-refractivity contribution < 1.29 is 9.59 Å². The number of hydrogen-bond donors (Lipinski definition) is 1. The molecule has 0 saturated carbocycles. The zero-order chi connectivity index (χ0) is 29.2. The van der Waals surface area contributed by atoms with Crippen molar-refractivity contribution in [2.24, 2.45) is 13.0 Å². The van der Waals surface area contributed by atoms with Gasteiger partial charge in [0.1, 0.15) is 12.4 Å². The summed E-state index contributed by atoms with van der Waals surface area (Å²) in [6.45, 7) is 5.31. The summed E-state index contributed by atoms with van der Waals surface area (Å²) in [5, 5.41) is 21.3. The second-order valence-corrected chi connectivity index (χ2v) is 10.9. The number of rotatable bonds is 7. The van der Waals surface area contributed by atoms with Crippen molar-refractivity contribution in [1.82, 2.24) is 34.8 Å². The Balaban J connectivity index is 1.03. The molecule has 0 unspecified atom stereocenters. The van der Waals surface area contributed by atoms with Gasteiger partial charge in [-0.2, -0.15) is 15.5 Å². The maximum absolute atomic E-state index is 13.5. The van der Waals surface area contributed by atoms with E-state index in [2.05, 4.69) is 49.5 Å². The molecule has 42 heavy (non-hydrogen) atoms. The van der Waals surface area contributed by atoms with Crippen LogP contribution in [0.3, 0.4) is 0 Å². The Hall–Kier alpha value is -4.82. The molecule has 11 heteroatoms. The highest BCUT2D eigenvalue weighted by Gasteiger charge is 2.33. The number of amides is 2. The third kappa shape index (κ3) is 5.41. The van der Waals surface area contributed by atoms with Crippen molar-refractivity contribution >= 4 is 34.0 Å². The van der Waals surface area contributed by atoms with Crippen molar-refractivity contribution in [3.63, 3.8) is 0 Å². The van der Waals surface area contributed by atoms with Gasteiger partial charge in [0.2, 0.25) is 11.8 Å². The van der Waals surface area contributed by atoms with Crippen molar-refractivity contribution in [3.05, 3.63) is 66.1 Å². The van der Waals surface area contributed by atoms with E-state index in [1.165, 1.54) is 5.57 Å². The molecule has 2 amide bonds. The van der Waals surface area contributed by atoms with Crippen molar-refractivity contribution in [3.8, 4) is 17.5 Å². The molecule has 0 radical (unpaired) electrons. The van der Waals surface area contributed by atoms with Crippen LogP contribution < -0.4 is 4.90 Å². The van der Waals surface area contributed by atoms with Crippen LogP contribution in [-0.4, -0.2) is 85.8 Å². The maximum atomic E-state index is 13.5. The number of benzene rings is 2. The zero-order valence-electron chi connectivity index (χ0n) is 23.8. The van der Waals surface area contributed by atoms with Gasteiger partial charge >= 0.3 is 0 Å². The number of fused-ring (bicyclic) bond motifs is 1. The molecule has 2 aliphatic heterocycles. The average molecular weight is 564 g/mol. The third-order valence-corrected chi connectivity index (χ3v) is 8.20. The summed E-state index contributed by atoms with van der Waals surface area (Å²) in [4.78, 5) is 36.7. The van der Waals surface area contributed by atoms with E-state index in [1.807, 2.05) is 49.2 Å². The van der Waals surface area contributed by atoms with E-state index < -0.39 is 0 Å². The second kappa shape index (κ2) is 11.6. The van der Waals surface area contributed by atoms with Crippen LogP contribution in [0.4, 0.5) is 5.69 Å². The number of aromatic amines is 1. The van der Waals surface area contributed by atoms with Crippen molar-refractivity contribution in [1.29, 1.82) is 5.26 Å². The minimum atomic E-state index is -0.176. The highest BCUT2D eigenvalue weighted by atomic mass is 16.2. The number of nitrogens with one attached hydrogen (secondary N) is 1. The fourth-order valence-corrected chi connectivity index (χ4v) is 5.87. The molecule has 6 rings (SSSR count). The first-order valence-electron chi connectivity index (χ1n) is 14.3. The maximum Gasteiger partial charge on any atom is 0.237 e. The van der Waals surface area contributed by atoms with Crippen LogP contribution in [0.1, 0.15) is 31.0 Å². The summed E-state index contributed by atoms with van der Waals surface area (Å²) in [6.07, 6.45) is 5.34. The Morgan fingerprint density at radius 3 is 2.64 bits per heavy atom. The van der Waals surface area contributed by atoms with E-state index in [0.717, 1.165) is 28.8 Å². The first-order chi connectivity index (χ1) is 20.4. The lowest BCUT2D eigenvalue weighted by atomic mass is 9.98. The second-order valence-electron chi connectivity index (χ2n) is 10.9. The van der Waals surface area contributed by atoms with E-state index in [0.29, 0.717) is 62.6 Å². The third-order valence-electron chi connectivity index (χ3n) is 8.20. The van der Waals surface area contributed by atoms with Gasteiger partial charge in [-0.25, -0.2) is 4.98 Å². The Morgan fingerprint density at radius 1 is 1.14 bits per heavy atom. The average Bonchev–Trinajstić information content (AvgIpc) is 3.77. The minimum Gasteiger partial charge on any atom is -0.338 e. The molecule has 214 valence electrons. The van der Waals surface area contributed by atoms with E-state index in [1.54, 1.807) is 15.9 Å². The fourth-order valence-electron chi connectivity index (χ4n) is 5.87. The fraction of sp³-hybridized carbons (Fsp3) is 0.355. The Kier molecular flexibility index (Phi) is 7.54. The molecule has 0 aliphatic carbocycles. The van der Waals surface area contributed by atoms with Gasteiger partial charge < -0.3 is 9.80 Å². The van der Waals surface area contributed by atoms with Gasteiger partial charge in [-0.1, -0.05) is 30.3 Å². The number of anilines is 1. The topological polar surface area (TPSA) is 127 Å². The zero-order valence-corrected chi connectivity index (χ0v) is 23.8. The predicted molar refractivity (Wildman–Crippen MR) is 159 cm³/mol. The largest absolute Gasteiger partial charge is 0.338 e. The van der Waals surface area contributed by atoms with Gasteiger partial charge in [0, 0.05) is 49.9 Å². The minimum absolute atomic E-state index is 0.0456. The molecule has 11 nitrogen and oxygen atoms in total. The van der Waals surface area contributed by atoms with Gasteiger partial charge in [0.15, 0.2) is 11.5 Å². The lowest BCUT2D eigenvalue weighted by molar-refractivity contribution is -0.132. The molecule has 1 fully saturated rings. The molecule has 0 bridgehead atoms. The normalized spacial score (nSPS) is 17.3. The lowest BCUT2D eigenvalue weighted by Crippen LogP contribution is -2.42. The smallest absolute Gasteiger partial charge is 0.237 e. The number of aromatic nitrogens is 5. The summed E-state index contributed by atoms with van der Waals surface area (Å²) in [5.74, 6) is 0.669. The van der Waals surface area contributed by atoms with Crippen molar-refractivity contribution in [2.45, 2.75) is 19.8 Å².